The molecule has 1 N–H and O–H groups in total. The Hall–Kier alpha value is -1.79. The third-order valence-corrected chi connectivity index (χ3v) is 2.05. The number of hydrogen-bond acceptors (Lipinski definition) is 6. The molecule has 0 aliphatic carbocycles. The molecule has 19 heavy (non-hydrogen) atoms. The van der Waals surface area contributed by atoms with Crippen LogP contribution in [0.3, 0.4) is 0 Å². The fourth-order valence-corrected chi connectivity index (χ4v) is 1.27. The Bertz CT molecular complexity index is 410. The molecule has 6 heteroatoms. The zero-order valence-electron chi connectivity index (χ0n) is 11.5. The number of carbonyl (C=O) groups is 1. The van der Waals surface area contributed by atoms with E-state index in [1.807, 2.05) is 0 Å². The lowest BCUT2D eigenvalue weighted by molar-refractivity contribution is -0.320. The Labute approximate surface area is 112 Å². The summed E-state index contributed by atoms with van der Waals surface area (Å²) in [7, 11) is 1.57. The maximum atomic E-state index is 11.3. The van der Waals surface area contributed by atoms with Crippen LogP contribution >= 0.6 is 0 Å². The summed E-state index contributed by atoms with van der Waals surface area (Å²) in [5, 5.41) is 9.90. The predicted octanol–water partition coefficient (Wildman–Crippen LogP) is 2.75. The summed E-state index contributed by atoms with van der Waals surface area (Å²) in [5.41, 5.74) is 0.0877. The average Bonchev–Trinajstić information content (AvgIpc) is 2.27. The van der Waals surface area contributed by atoms with Crippen LogP contribution in [0, 0.1) is 0 Å². The molecular weight excluding hydrogens is 250 g/mol. The first kappa shape index (κ1) is 15.3. The molecule has 0 amide bonds. The van der Waals surface area contributed by atoms with E-state index in [0.29, 0.717) is 11.0 Å². The monoisotopic (exact) mass is 269 g/mol. The largest absolute Gasteiger partial charge is 0.530 e. The standard InChI is InChI=1S/C13H19NO5/c1-13(2,3)18-12(15)19-14(16)9-10-5-7-11(17-4)8-6-10/h5-8,16H,9H2,1-4H3. The molecular formula is C13H19NO5. The third kappa shape index (κ3) is 6.08. The highest BCUT2D eigenvalue weighted by atomic mass is 16.9. The van der Waals surface area contributed by atoms with Crippen LogP contribution < -0.4 is 4.74 Å². The van der Waals surface area contributed by atoms with Crippen LogP contribution in [-0.2, 0) is 16.1 Å². The van der Waals surface area contributed by atoms with Gasteiger partial charge in [-0.05, 0) is 43.7 Å². The number of nitrogens with zero attached hydrogens (tertiary/aromatic N) is 1. The van der Waals surface area contributed by atoms with E-state index in [1.165, 1.54) is 0 Å². The van der Waals surface area contributed by atoms with E-state index in [4.69, 9.17) is 9.47 Å². The van der Waals surface area contributed by atoms with E-state index in [-0.39, 0.29) is 6.54 Å². The summed E-state index contributed by atoms with van der Waals surface area (Å²) in [6.07, 6.45) is -0.955. The first-order valence-corrected chi connectivity index (χ1v) is 5.80. The summed E-state index contributed by atoms with van der Waals surface area (Å²) >= 11 is 0. The average molecular weight is 269 g/mol. The van der Waals surface area contributed by atoms with Gasteiger partial charge in [-0.15, -0.1) is 0 Å². The second-order valence-corrected chi connectivity index (χ2v) is 4.91. The fraction of sp³-hybridized carbons (Fsp3) is 0.462. The molecule has 1 rings (SSSR count). The summed E-state index contributed by atoms with van der Waals surface area (Å²) in [6.45, 7) is 5.15. The number of ether oxygens (including phenoxy) is 2. The molecule has 0 heterocycles. The zero-order valence-corrected chi connectivity index (χ0v) is 11.5. The molecule has 0 spiro atoms. The van der Waals surface area contributed by atoms with Crippen molar-refractivity contribution in [1.29, 1.82) is 0 Å². The van der Waals surface area contributed by atoms with E-state index in [9.17, 15) is 10.0 Å². The maximum Gasteiger partial charge on any atom is 0.530 e. The number of hydrogen-bond donors (Lipinski definition) is 1. The Morgan fingerprint density at radius 2 is 1.84 bits per heavy atom. The molecule has 0 saturated carbocycles. The summed E-state index contributed by atoms with van der Waals surface area (Å²) < 4.78 is 9.91. The van der Waals surface area contributed by atoms with Crippen molar-refractivity contribution in [2.45, 2.75) is 32.9 Å². The number of carbonyl (C=O) groups excluding carboxylic acids is 1. The second-order valence-electron chi connectivity index (χ2n) is 4.91. The van der Waals surface area contributed by atoms with Crippen LogP contribution in [0.4, 0.5) is 4.79 Å². The van der Waals surface area contributed by atoms with E-state index in [1.54, 1.807) is 52.1 Å². The highest BCUT2D eigenvalue weighted by Gasteiger charge is 2.20. The first-order chi connectivity index (χ1) is 8.80. The number of benzene rings is 1. The van der Waals surface area contributed by atoms with E-state index in [2.05, 4.69) is 4.84 Å². The van der Waals surface area contributed by atoms with Gasteiger partial charge in [0.25, 0.3) is 0 Å². The van der Waals surface area contributed by atoms with Crippen LogP contribution in [0.25, 0.3) is 0 Å². The van der Waals surface area contributed by atoms with Crippen molar-refractivity contribution in [2.24, 2.45) is 0 Å². The molecule has 0 fully saturated rings. The highest BCUT2D eigenvalue weighted by molar-refractivity contribution is 5.59. The quantitative estimate of drug-likeness (QED) is 0.669. The molecule has 0 aromatic heterocycles. The van der Waals surface area contributed by atoms with Crippen LogP contribution in [0.15, 0.2) is 24.3 Å². The van der Waals surface area contributed by atoms with Crippen molar-refractivity contribution >= 4 is 6.16 Å². The molecule has 0 saturated heterocycles. The normalized spacial score (nSPS) is 11.3. The van der Waals surface area contributed by atoms with Gasteiger partial charge in [-0.1, -0.05) is 12.1 Å². The number of methoxy groups -OCH3 is 1. The van der Waals surface area contributed by atoms with Crippen LogP contribution in [0.2, 0.25) is 0 Å². The van der Waals surface area contributed by atoms with Gasteiger partial charge in [-0.2, -0.15) is 0 Å². The molecule has 0 aliphatic heterocycles. The van der Waals surface area contributed by atoms with Crippen LogP contribution in [-0.4, -0.2) is 29.3 Å². The van der Waals surface area contributed by atoms with E-state index >= 15 is 0 Å². The van der Waals surface area contributed by atoms with Crippen molar-refractivity contribution in [3.05, 3.63) is 29.8 Å². The minimum absolute atomic E-state index is 0.0310. The fourth-order valence-electron chi connectivity index (χ4n) is 1.27. The van der Waals surface area contributed by atoms with Crippen molar-refractivity contribution < 1.29 is 24.3 Å². The predicted molar refractivity (Wildman–Crippen MR) is 67.6 cm³/mol. The Kier molecular flexibility index (Phi) is 5.14. The van der Waals surface area contributed by atoms with Gasteiger partial charge in [-0.25, -0.2) is 4.79 Å². The second kappa shape index (κ2) is 6.40. The van der Waals surface area contributed by atoms with Crippen molar-refractivity contribution in [2.75, 3.05) is 7.11 Å². The zero-order chi connectivity index (χ0) is 14.5. The molecule has 1 aromatic rings. The molecule has 0 radical (unpaired) electrons. The van der Waals surface area contributed by atoms with Gasteiger partial charge in [-0.3, -0.25) is 5.21 Å². The molecule has 0 bridgehead atoms. The lowest BCUT2D eigenvalue weighted by Gasteiger charge is -2.20. The van der Waals surface area contributed by atoms with Gasteiger partial charge < -0.3 is 14.3 Å². The number of hydroxylamine groups is 2. The van der Waals surface area contributed by atoms with Crippen LogP contribution in [0.5, 0.6) is 5.75 Å². The Morgan fingerprint density at radius 1 is 1.26 bits per heavy atom. The summed E-state index contributed by atoms with van der Waals surface area (Å²) in [6, 6.07) is 6.99. The molecule has 106 valence electrons. The summed E-state index contributed by atoms with van der Waals surface area (Å²) in [5.74, 6) is 0.710. The number of rotatable bonds is 4. The minimum Gasteiger partial charge on any atom is -0.497 e. The van der Waals surface area contributed by atoms with Gasteiger partial charge in [0.15, 0.2) is 0 Å². The molecule has 0 atom stereocenters. The lowest BCUT2D eigenvalue weighted by atomic mass is 10.2. The van der Waals surface area contributed by atoms with Gasteiger partial charge in [0.05, 0.1) is 13.7 Å². The summed E-state index contributed by atoms with van der Waals surface area (Å²) in [4.78, 5) is 15.9. The minimum atomic E-state index is -0.955. The van der Waals surface area contributed by atoms with Crippen molar-refractivity contribution in [1.82, 2.24) is 5.23 Å². The lowest BCUT2D eigenvalue weighted by Crippen LogP contribution is -2.30. The van der Waals surface area contributed by atoms with E-state index in [0.717, 1.165) is 5.56 Å². The smallest absolute Gasteiger partial charge is 0.497 e. The van der Waals surface area contributed by atoms with Crippen molar-refractivity contribution in [3.63, 3.8) is 0 Å². The molecule has 6 nitrogen and oxygen atoms in total. The molecule has 0 unspecified atom stereocenters. The van der Waals surface area contributed by atoms with Crippen molar-refractivity contribution in [3.8, 4) is 5.75 Å². The van der Waals surface area contributed by atoms with Gasteiger partial charge in [0.1, 0.15) is 11.4 Å². The molecule has 1 aromatic carbocycles. The molecule has 0 aliphatic rings. The van der Waals surface area contributed by atoms with Gasteiger partial charge in [0, 0.05) is 0 Å². The topological polar surface area (TPSA) is 68.2 Å². The first-order valence-electron chi connectivity index (χ1n) is 5.80. The third-order valence-electron chi connectivity index (χ3n) is 2.05. The Balaban J connectivity index is 2.46. The van der Waals surface area contributed by atoms with Gasteiger partial charge >= 0.3 is 6.16 Å². The van der Waals surface area contributed by atoms with Crippen LogP contribution in [0.1, 0.15) is 26.3 Å². The van der Waals surface area contributed by atoms with E-state index < -0.39 is 11.8 Å². The highest BCUT2D eigenvalue weighted by Crippen LogP contribution is 2.13. The SMILES string of the molecule is COc1ccc(CN(O)OC(=O)OC(C)(C)C)cc1. The van der Waals surface area contributed by atoms with Gasteiger partial charge in [0.2, 0.25) is 0 Å². The maximum absolute atomic E-state index is 11.3. The Morgan fingerprint density at radius 3 is 2.32 bits per heavy atom.